The standard InChI is InChI=1S/C48H32N2/c1-4-16-33(17-5-1)36-30-37(34-18-6-2-7-19-34)32-38(31-36)49-45-27-15-12-24-42(45)47-46(49)29-28-41-40-23-11-14-26-44(40)50(48(41)47)43-25-13-10-22-39(43)35-20-8-3-9-21-35/h1-32H. The highest BCUT2D eigenvalue weighted by atomic mass is 15.0. The summed E-state index contributed by atoms with van der Waals surface area (Å²) < 4.78 is 4.97. The van der Waals surface area contributed by atoms with Crippen LogP contribution in [0.15, 0.2) is 194 Å². The topological polar surface area (TPSA) is 9.86 Å². The fourth-order valence-corrected chi connectivity index (χ4v) is 7.90. The van der Waals surface area contributed by atoms with Gasteiger partial charge in [-0.3, -0.25) is 0 Å². The van der Waals surface area contributed by atoms with E-state index in [1.807, 2.05) is 0 Å². The second-order valence-electron chi connectivity index (χ2n) is 12.9. The summed E-state index contributed by atoms with van der Waals surface area (Å²) in [7, 11) is 0. The average Bonchev–Trinajstić information content (AvgIpc) is 3.72. The van der Waals surface area contributed by atoms with E-state index in [0.717, 1.165) is 5.69 Å². The van der Waals surface area contributed by atoms with Crippen LogP contribution in [-0.2, 0) is 0 Å². The lowest BCUT2D eigenvalue weighted by Crippen LogP contribution is -1.98. The van der Waals surface area contributed by atoms with E-state index in [2.05, 4.69) is 203 Å². The predicted octanol–water partition coefficient (Wildman–Crippen LogP) is 12.9. The number of para-hydroxylation sites is 3. The number of benzene rings is 8. The first-order valence-electron chi connectivity index (χ1n) is 17.2. The van der Waals surface area contributed by atoms with Crippen molar-refractivity contribution in [2.75, 3.05) is 0 Å². The van der Waals surface area contributed by atoms with E-state index in [-0.39, 0.29) is 0 Å². The molecular weight excluding hydrogens is 605 g/mol. The molecule has 2 aromatic heterocycles. The minimum absolute atomic E-state index is 1.14. The molecule has 8 aromatic carbocycles. The number of hydrogen-bond donors (Lipinski definition) is 0. The van der Waals surface area contributed by atoms with Gasteiger partial charge in [0.2, 0.25) is 0 Å². The Balaban J connectivity index is 1.34. The lowest BCUT2D eigenvalue weighted by Gasteiger charge is -2.15. The van der Waals surface area contributed by atoms with Crippen LogP contribution in [0.3, 0.4) is 0 Å². The van der Waals surface area contributed by atoms with Gasteiger partial charge in [0.1, 0.15) is 0 Å². The van der Waals surface area contributed by atoms with Gasteiger partial charge in [-0.05, 0) is 70.3 Å². The molecule has 0 unspecified atom stereocenters. The number of rotatable bonds is 5. The van der Waals surface area contributed by atoms with Crippen LogP contribution in [0.1, 0.15) is 0 Å². The molecule has 0 amide bonds. The van der Waals surface area contributed by atoms with E-state index in [4.69, 9.17) is 0 Å². The highest BCUT2D eigenvalue weighted by molar-refractivity contribution is 6.26. The zero-order valence-corrected chi connectivity index (χ0v) is 27.4. The van der Waals surface area contributed by atoms with Gasteiger partial charge in [-0.25, -0.2) is 0 Å². The van der Waals surface area contributed by atoms with Crippen molar-refractivity contribution >= 4 is 43.6 Å². The Kier molecular flexibility index (Phi) is 6.53. The van der Waals surface area contributed by atoms with Gasteiger partial charge in [0.15, 0.2) is 0 Å². The molecule has 2 nitrogen and oxygen atoms in total. The molecular formula is C48H32N2. The highest BCUT2D eigenvalue weighted by Gasteiger charge is 2.22. The van der Waals surface area contributed by atoms with E-state index >= 15 is 0 Å². The van der Waals surface area contributed by atoms with Crippen molar-refractivity contribution < 1.29 is 0 Å². The Labute approximate surface area is 290 Å². The minimum atomic E-state index is 1.14. The predicted molar refractivity (Wildman–Crippen MR) is 211 cm³/mol. The van der Waals surface area contributed by atoms with Crippen molar-refractivity contribution in [1.29, 1.82) is 0 Å². The average molecular weight is 637 g/mol. The molecule has 0 fully saturated rings. The SMILES string of the molecule is c1ccc(-c2cc(-c3ccccc3)cc(-n3c4ccccc4c4c3ccc3c5ccccc5n(-c5ccccc5-c5ccccc5)c34)c2)cc1. The molecule has 50 heavy (non-hydrogen) atoms. The maximum Gasteiger partial charge on any atom is 0.0641 e. The molecule has 0 aliphatic carbocycles. The van der Waals surface area contributed by atoms with Crippen LogP contribution in [0.4, 0.5) is 0 Å². The summed E-state index contributed by atoms with van der Waals surface area (Å²) >= 11 is 0. The molecule has 0 aliphatic heterocycles. The van der Waals surface area contributed by atoms with Crippen molar-refractivity contribution in [2.24, 2.45) is 0 Å². The molecule has 10 rings (SSSR count). The molecule has 0 atom stereocenters. The van der Waals surface area contributed by atoms with Crippen LogP contribution < -0.4 is 0 Å². The molecule has 10 aromatic rings. The van der Waals surface area contributed by atoms with Crippen LogP contribution in [0.2, 0.25) is 0 Å². The summed E-state index contributed by atoms with van der Waals surface area (Å²) in [4.78, 5) is 0. The Hall–Kier alpha value is -6.64. The molecule has 0 N–H and O–H groups in total. The fourth-order valence-electron chi connectivity index (χ4n) is 7.90. The van der Waals surface area contributed by atoms with Crippen molar-refractivity contribution in [2.45, 2.75) is 0 Å². The summed E-state index contributed by atoms with van der Waals surface area (Å²) in [5.41, 5.74) is 14.3. The van der Waals surface area contributed by atoms with E-state index in [1.54, 1.807) is 0 Å². The van der Waals surface area contributed by atoms with Crippen LogP contribution in [0.25, 0.3) is 88.4 Å². The molecule has 0 radical (unpaired) electrons. The number of nitrogens with zero attached hydrogens (tertiary/aromatic N) is 2. The summed E-state index contributed by atoms with van der Waals surface area (Å²) in [5.74, 6) is 0. The first-order valence-corrected chi connectivity index (χ1v) is 17.2. The third-order valence-electron chi connectivity index (χ3n) is 10.1. The van der Waals surface area contributed by atoms with E-state index in [0.29, 0.717) is 0 Å². The van der Waals surface area contributed by atoms with Crippen molar-refractivity contribution in [3.8, 4) is 44.8 Å². The second-order valence-corrected chi connectivity index (χ2v) is 12.9. The second kappa shape index (κ2) is 11.5. The van der Waals surface area contributed by atoms with Crippen LogP contribution in [0.5, 0.6) is 0 Å². The van der Waals surface area contributed by atoms with Crippen LogP contribution in [0, 0.1) is 0 Å². The smallest absolute Gasteiger partial charge is 0.0641 e. The molecule has 2 heterocycles. The minimum Gasteiger partial charge on any atom is -0.309 e. The van der Waals surface area contributed by atoms with E-state index in [1.165, 1.54) is 82.7 Å². The Bertz CT molecular complexity index is 2780. The zero-order valence-electron chi connectivity index (χ0n) is 27.4. The maximum absolute atomic E-state index is 2.50. The number of fused-ring (bicyclic) bond motifs is 7. The van der Waals surface area contributed by atoms with Gasteiger partial charge in [-0.2, -0.15) is 0 Å². The zero-order chi connectivity index (χ0) is 33.0. The van der Waals surface area contributed by atoms with Crippen molar-refractivity contribution in [3.63, 3.8) is 0 Å². The Morgan fingerprint density at radius 2 is 0.820 bits per heavy atom. The lowest BCUT2D eigenvalue weighted by molar-refractivity contribution is 1.17. The first-order chi connectivity index (χ1) is 24.8. The quantitative estimate of drug-likeness (QED) is 0.178. The molecule has 0 spiro atoms. The van der Waals surface area contributed by atoms with Gasteiger partial charge < -0.3 is 9.13 Å². The van der Waals surface area contributed by atoms with Crippen LogP contribution in [-0.4, -0.2) is 9.13 Å². The van der Waals surface area contributed by atoms with Gasteiger partial charge in [0.25, 0.3) is 0 Å². The molecule has 0 aliphatic rings. The monoisotopic (exact) mass is 636 g/mol. The largest absolute Gasteiger partial charge is 0.309 e. The highest BCUT2D eigenvalue weighted by Crippen LogP contribution is 2.44. The van der Waals surface area contributed by atoms with Gasteiger partial charge in [-0.1, -0.05) is 152 Å². The maximum atomic E-state index is 2.50. The first kappa shape index (κ1) is 28.4. The van der Waals surface area contributed by atoms with E-state index < -0.39 is 0 Å². The molecule has 0 saturated carbocycles. The van der Waals surface area contributed by atoms with Gasteiger partial charge in [-0.15, -0.1) is 0 Å². The van der Waals surface area contributed by atoms with E-state index in [9.17, 15) is 0 Å². The molecule has 0 saturated heterocycles. The van der Waals surface area contributed by atoms with Crippen LogP contribution >= 0.6 is 0 Å². The van der Waals surface area contributed by atoms with Gasteiger partial charge in [0, 0.05) is 32.8 Å². The lowest BCUT2D eigenvalue weighted by atomic mass is 9.98. The Morgan fingerprint density at radius 3 is 1.48 bits per heavy atom. The number of aromatic nitrogens is 2. The third kappa shape index (κ3) is 4.43. The summed E-state index contributed by atoms with van der Waals surface area (Å²) in [5, 5.41) is 4.99. The molecule has 234 valence electrons. The molecule has 2 heteroatoms. The normalized spacial score (nSPS) is 11.6. The third-order valence-corrected chi connectivity index (χ3v) is 10.1. The fraction of sp³-hybridized carbons (Fsp3) is 0. The summed E-state index contributed by atoms with van der Waals surface area (Å²) in [6.07, 6.45) is 0. The Morgan fingerprint density at radius 1 is 0.300 bits per heavy atom. The van der Waals surface area contributed by atoms with Crippen molar-refractivity contribution in [3.05, 3.63) is 194 Å². The van der Waals surface area contributed by atoms with Gasteiger partial charge in [0.05, 0.1) is 27.8 Å². The van der Waals surface area contributed by atoms with Crippen molar-refractivity contribution in [1.82, 2.24) is 9.13 Å². The summed E-state index contributed by atoms with van der Waals surface area (Å²) in [6, 6.07) is 70.4. The number of hydrogen-bond acceptors (Lipinski definition) is 0. The summed E-state index contributed by atoms with van der Waals surface area (Å²) in [6.45, 7) is 0. The molecule has 0 bridgehead atoms. The van der Waals surface area contributed by atoms with Gasteiger partial charge >= 0.3 is 0 Å².